The maximum atomic E-state index is 5.38. The number of aromatic nitrogens is 1. The van der Waals surface area contributed by atoms with E-state index in [9.17, 15) is 0 Å². The number of unbranched alkanes of at least 4 members (excludes halogenated alkanes) is 1. The molecule has 1 fully saturated rings. The van der Waals surface area contributed by atoms with E-state index in [4.69, 9.17) is 4.74 Å². The number of nitrogens with one attached hydrogen (secondary N) is 2. The summed E-state index contributed by atoms with van der Waals surface area (Å²) < 4.78 is 5.38. The van der Waals surface area contributed by atoms with Crippen LogP contribution in [0.15, 0.2) is 4.99 Å². The van der Waals surface area contributed by atoms with Crippen molar-refractivity contribution in [3.8, 4) is 0 Å². The van der Waals surface area contributed by atoms with Gasteiger partial charge >= 0.3 is 0 Å². The summed E-state index contributed by atoms with van der Waals surface area (Å²) in [6, 6.07) is 0. The average molecular weight is 354 g/mol. The first kappa shape index (κ1) is 19.1. The molecular weight excluding hydrogens is 322 g/mol. The van der Waals surface area contributed by atoms with Crippen LogP contribution in [0, 0.1) is 13.8 Å². The van der Waals surface area contributed by atoms with Crippen LogP contribution < -0.4 is 10.6 Å². The summed E-state index contributed by atoms with van der Waals surface area (Å²) in [5.74, 6) is 0.898. The molecule has 2 heterocycles. The predicted molar refractivity (Wildman–Crippen MR) is 101 cm³/mol. The minimum Gasteiger partial charge on any atom is -0.379 e. The van der Waals surface area contributed by atoms with Crippen molar-refractivity contribution in [1.29, 1.82) is 0 Å². The van der Waals surface area contributed by atoms with Gasteiger partial charge in [0.2, 0.25) is 0 Å². The van der Waals surface area contributed by atoms with Gasteiger partial charge in [-0.25, -0.2) is 9.98 Å². The van der Waals surface area contributed by atoms with Gasteiger partial charge in [-0.15, -0.1) is 11.3 Å². The molecule has 0 unspecified atom stereocenters. The van der Waals surface area contributed by atoms with Crippen molar-refractivity contribution in [3.63, 3.8) is 0 Å². The summed E-state index contributed by atoms with van der Waals surface area (Å²) in [5, 5.41) is 7.86. The van der Waals surface area contributed by atoms with Crippen LogP contribution in [0.2, 0.25) is 0 Å². The van der Waals surface area contributed by atoms with Crippen LogP contribution in [-0.4, -0.2) is 61.8 Å². The molecule has 0 aliphatic carbocycles. The Balaban J connectivity index is 1.68. The number of aliphatic imine (C=N–C) groups is 1. The lowest BCUT2D eigenvalue weighted by atomic mass is 10.3. The van der Waals surface area contributed by atoms with Crippen LogP contribution >= 0.6 is 11.3 Å². The Morgan fingerprint density at radius 2 is 2.04 bits per heavy atom. The van der Waals surface area contributed by atoms with E-state index in [1.807, 2.05) is 6.92 Å². The van der Waals surface area contributed by atoms with Crippen molar-refractivity contribution < 1.29 is 4.74 Å². The van der Waals surface area contributed by atoms with Gasteiger partial charge in [0.1, 0.15) is 0 Å². The largest absolute Gasteiger partial charge is 0.379 e. The molecule has 1 saturated heterocycles. The lowest BCUT2D eigenvalue weighted by Gasteiger charge is -2.26. The smallest absolute Gasteiger partial charge is 0.191 e. The highest BCUT2D eigenvalue weighted by atomic mass is 32.1. The number of aryl methyl sites for hydroxylation is 2. The van der Waals surface area contributed by atoms with Gasteiger partial charge in [0.25, 0.3) is 0 Å². The van der Waals surface area contributed by atoms with E-state index >= 15 is 0 Å². The molecule has 0 spiro atoms. The van der Waals surface area contributed by atoms with Crippen LogP contribution in [0.1, 0.15) is 35.3 Å². The fourth-order valence-corrected chi connectivity index (χ4v) is 3.57. The number of hydrogen-bond acceptors (Lipinski definition) is 5. The number of nitrogens with zero attached hydrogens (tertiary/aromatic N) is 3. The summed E-state index contributed by atoms with van der Waals surface area (Å²) in [7, 11) is 0. The average Bonchev–Trinajstić information content (AvgIpc) is 2.90. The Morgan fingerprint density at radius 3 is 2.71 bits per heavy atom. The third kappa shape index (κ3) is 6.75. The van der Waals surface area contributed by atoms with Crippen molar-refractivity contribution in [2.75, 3.05) is 45.9 Å². The van der Waals surface area contributed by atoms with Gasteiger partial charge in [-0.05, 0) is 40.2 Å². The van der Waals surface area contributed by atoms with Crippen molar-refractivity contribution in [1.82, 2.24) is 20.5 Å². The Labute approximate surface area is 149 Å². The van der Waals surface area contributed by atoms with Crippen LogP contribution in [0.3, 0.4) is 0 Å². The van der Waals surface area contributed by atoms with Crippen molar-refractivity contribution >= 4 is 17.3 Å². The highest BCUT2D eigenvalue weighted by Crippen LogP contribution is 2.17. The van der Waals surface area contributed by atoms with Gasteiger partial charge in [-0.2, -0.15) is 0 Å². The first-order valence-corrected chi connectivity index (χ1v) is 9.76. The van der Waals surface area contributed by atoms with E-state index < -0.39 is 0 Å². The van der Waals surface area contributed by atoms with Gasteiger partial charge in [0, 0.05) is 31.1 Å². The molecular formula is C17H31N5OS. The number of ether oxygens (including phenoxy) is 1. The number of hydrogen-bond donors (Lipinski definition) is 2. The zero-order chi connectivity index (χ0) is 17.2. The van der Waals surface area contributed by atoms with Gasteiger partial charge in [0.05, 0.1) is 30.5 Å². The molecule has 136 valence electrons. The Hall–Kier alpha value is -1.18. The van der Waals surface area contributed by atoms with Gasteiger partial charge < -0.3 is 15.4 Å². The first-order chi connectivity index (χ1) is 11.7. The molecule has 2 rings (SSSR count). The van der Waals surface area contributed by atoms with Crippen molar-refractivity contribution in [3.05, 3.63) is 15.6 Å². The molecule has 1 aromatic rings. The summed E-state index contributed by atoms with van der Waals surface area (Å²) in [5.41, 5.74) is 1.10. The zero-order valence-corrected chi connectivity index (χ0v) is 16.0. The number of morpholine rings is 1. The van der Waals surface area contributed by atoms with Crippen LogP contribution in [0.4, 0.5) is 0 Å². The maximum absolute atomic E-state index is 5.38. The minimum atomic E-state index is 0.695. The maximum Gasteiger partial charge on any atom is 0.191 e. The molecule has 0 atom stereocenters. The second kappa shape index (κ2) is 10.6. The minimum absolute atomic E-state index is 0.695. The topological polar surface area (TPSA) is 61.8 Å². The molecule has 7 heteroatoms. The van der Waals surface area contributed by atoms with Crippen LogP contribution in [0.5, 0.6) is 0 Å². The van der Waals surface area contributed by atoms with E-state index in [0.29, 0.717) is 6.54 Å². The van der Waals surface area contributed by atoms with E-state index in [1.54, 1.807) is 11.3 Å². The van der Waals surface area contributed by atoms with Crippen molar-refractivity contribution in [2.45, 2.75) is 40.2 Å². The molecule has 0 saturated carbocycles. The van der Waals surface area contributed by atoms with Crippen LogP contribution in [-0.2, 0) is 11.3 Å². The number of thiazole rings is 1. The Bertz CT molecular complexity index is 511. The molecule has 0 amide bonds. The fourth-order valence-electron chi connectivity index (χ4n) is 2.70. The summed E-state index contributed by atoms with van der Waals surface area (Å²) in [6.45, 7) is 13.8. The van der Waals surface area contributed by atoms with E-state index in [0.717, 1.165) is 69.0 Å². The second-order valence-corrected chi connectivity index (χ2v) is 7.31. The third-order valence-corrected chi connectivity index (χ3v) is 5.08. The fraction of sp³-hybridized carbons (Fsp3) is 0.765. The molecule has 2 N–H and O–H groups in total. The molecule has 0 aromatic carbocycles. The molecule has 0 bridgehead atoms. The molecule has 24 heavy (non-hydrogen) atoms. The number of rotatable bonds is 8. The molecule has 1 aromatic heterocycles. The first-order valence-electron chi connectivity index (χ1n) is 8.94. The molecule has 1 aliphatic heterocycles. The SMILES string of the molecule is CCNC(=NCc1sc(C)nc1C)NCCCCN1CCOCC1. The van der Waals surface area contributed by atoms with E-state index in [1.165, 1.54) is 11.3 Å². The van der Waals surface area contributed by atoms with Gasteiger partial charge in [-0.1, -0.05) is 0 Å². The Kier molecular flexibility index (Phi) is 8.49. The number of guanidine groups is 1. The third-order valence-electron chi connectivity index (χ3n) is 4.02. The highest BCUT2D eigenvalue weighted by Gasteiger charge is 2.09. The predicted octanol–water partition coefficient (Wildman–Crippen LogP) is 1.93. The summed E-state index contributed by atoms with van der Waals surface area (Å²) >= 11 is 1.73. The molecule has 1 aliphatic rings. The monoisotopic (exact) mass is 353 g/mol. The van der Waals surface area contributed by atoms with Gasteiger partial charge in [0.15, 0.2) is 5.96 Å². The zero-order valence-electron chi connectivity index (χ0n) is 15.2. The summed E-state index contributed by atoms with van der Waals surface area (Å²) in [6.07, 6.45) is 2.36. The Morgan fingerprint density at radius 1 is 1.25 bits per heavy atom. The van der Waals surface area contributed by atoms with Crippen molar-refractivity contribution in [2.24, 2.45) is 4.99 Å². The lowest BCUT2D eigenvalue weighted by Crippen LogP contribution is -2.39. The highest BCUT2D eigenvalue weighted by molar-refractivity contribution is 7.11. The quantitative estimate of drug-likeness (QED) is 0.425. The molecule has 6 nitrogen and oxygen atoms in total. The standard InChI is InChI=1S/C17H31N5OS/c1-4-18-17(20-13-16-14(2)21-15(3)24-16)19-7-5-6-8-22-9-11-23-12-10-22/h4-13H2,1-3H3,(H2,18,19,20). The summed E-state index contributed by atoms with van der Waals surface area (Å²) in [4.78, 5) is 12.9. The molecule has 0 radical (unpaired) electrons. The lowest BCUT2D eigenvalue weighted by molar-refractivity contribution is 0.0372. The van der Waals surface area contributed by atoms with Crippen LogP contribution in [0.25, 0.3) is 0 Å². The van der Waals surface area contributed by atoms with Gasteiger partial charge in [-0.3, -0.25) is 4.90 Å². The van der Waals surface area contributed by atoms with E-state index in [2.05, 4.69) is 39.4 Å². The second-order valence-electron chi connectivity index (χ2n) is 6.02. The normalized spacial score (nSPS) is 16.4. The van der Waals surface area contributed by atoms with E-state index in [-0.39, 0.29) is 0 Å².